The molecule has 4 unspecified atom stereocenters. The molecule has 2 N–H and O–H groups in total. The van der Waals surface area contributed by atoms with Crippen LogP contribution in [0.5, 0.6) is 0 Å². The van der Waals surface area contributed by atoms with Gasteiger partial charge in [-0.2, -0.15) is 0 Å². The van der Waals surface area contributed by atoms with E-state index in [0.717, 1.165) is 19.3 Å². The maximum Gasteiger partial charge on any atom is 0.0990 e. The van der Waals surface area contributed by atoms with Crippen molar-refractivity contribution < 1.29 is 14.2 Å². The van der Waals surface area contributed by atoms with Gasteiger partial charge in [-0.15, -0.1) is 0 Å². The topological polar surface area (TPSA) is 53.7 Å². The van der Waals surface area contributed by atoms with E-state index >= 15 is 0 Å². The number of rotatable bonds is 6. The summed E-state index contributed by atoms with van der Waals surface area (Å²) in [4.78, 5) is 0. The molecule has 1 aromatic rings. The molecule has 0 heterocycles. The highest BCUT2D eigenvalue weighted by Crippen LogP contribution is 2.37. The summed E-state index contributed by atoms with van der Waals surface area (Å²) in [5.74, 6) is 0. The lowest BCUT2D eigenvalue weighted by molar-refractivity contribution is -0.168. The minimum atomic E-state index is 0.00855. The minimum absolute atomic E-state index is 0.00855. The zero-order valence-electron chi connectivity index (χ0n) is 12.7. The number of benzene rings is 1. The molecule has 0 spiro atoms. The van der Waals surface area contributed by atoms with Crippen molar-refractivity contribution in [3.05, 3.63) is 35.4 Å². The summed E-state index contributed by atoms with van der Waals surface area (Å²) in [6.45, 7) is 1.18. The fraction of sp³-hybridized carbons (Fsp3) is 0.647. The first-order valence-corrected chi connectivity index (χ1v) is 7.89. The highest BCUT2D eigenvalue weighted by molar-refractivity contribution is 5.31. The number of fused-ring (bicyclic) bond motifs is 1. The fourth-order valence-corrected chi connectivity index (χ4v) is 3.31. The number of hydrogen-bond acceptors (Lipinski definition) is 4. The molecule has 0 radical (unpaired) electrons. The molecule has 0 aromatic heterocycles. The van der Waals surface area contributed by atoms with Gasteiger partial charge in [0.1, 0.15) is 0 Å². The molecule has 4 nitrogen and oxygen atoms in total. The Bertz CT molecular complexity index is 465. The summed E-state index contributed by atoms with van der Waals surface area (Å²) in [5.41, 5.74) is 8.82. The largest absolute Gasteiger partial charge is 0.382 e. The number of nitrogens with two attached hydrogens (primary N) is 1. The first-order valence-electron chi connectivity index (χ1n) is 7.89. The number of ether oxygens (including phenoxy) is 3. The summed E-state index contributed by atoms with van der Waals surface area (Å²) < 4.78 is 17.1. The second kappa shape index (κ2) is 6.88. The highest BCUT2D eigenvalue weighted by atomic mass is 16.6. The van der Waals surface area contributed by atoms with Crippen LogP contribution < -0.4 is 5.73 Å². The van der Waals surface area contributed by atoms with Crippen LogP contribution in [0.25, 0.3) is 0 Å². The Kier molecular flexibility index (Phi) is 4.91. The summed E-state index contributed by atoms with van der Waals surface area (Å²) in [5, 5.41) is 0. The van der Waals surface area contributed by atoms with Crippen LogP contribution in [-0.2, 0) is 20.6 Å². The van der Waals surface area contributed by atoms with Crippen molar-refractivity contribution in [1.82, 2.24) is 0 Å². The average Bonchev–Trinajstić information content (AvgIpc) is 2.51. The lowest BCUT2D eigenvalue weighted by atomic mass is 9.84. The van der Waals surface area contributed by atoms with Crippen molar-refractivity contribution in [2.75, 3.05) is 20.3 Å². The predicted octanol–water partition coefficient (Wildman–Crippen LogP) is 2.21. The molecule has 4 atom stereocenters. The first-order chi connectivity index (χ1) is 10.3. The Morgan fingerprint density at radius 1 is 1.24 bits per heavy atom. The Labute approximate surface area is 126 Å². The lowest BCUT2D eigenvalue weighted by Gasteiger charge is -2.44. The van der Waals surface area contributed by atoms with Crippen molar-refractivity contribution >= 4 is 0 Å². The van der Waals surface area contributed by atoms with Gasteiger partial charge in [-0.25, -0.2) is 0 Å². The van der Waals surface area contributed by atoms with Gasteiger partial charge in [0.2, 0.25) is 0 Å². The second-order valence-corrected chi connectivity index (χ2v) is 5.98. The lowest BCUT2D eigenvalue weighted by Crippen LogP contribution is -2.58. The smallest absolute Gasteiger partial charge is 0.0990 e. The third-order valence-corrected chi connectivity index (χ3v) is 4.54. The van der Waals surface area contributed by atoms with Crippen molar-refractivity contribution in [3.8, 4) is 0 Å². The Hall–Kier alpha value is -0.940. The van der Waals surface area contributed by atoms with E-state index in [1.54, 1.807) is 7.11 Å². The monoisotopic (exact) mass is 291 g/mol. The molecular formula is C17H25NO3. The Morgan fingerprint density at radius 3 is 2.90 bits per heavy atom. The first kappa shape index (κ1) is 15.0. The molecule has 0 saturated heterocycles. The quantitative estimate of drug-likeness (QED) is 0.817. The van der Waals surface area contributed by atoms with E-state index in [0.29, 0.717) is 13.2 Å². The third-order valence-electron chi connectivity index (χ3n) is 4.54. The Morgan fingerprint density at radius 2 is 2.10 bits per heavy atom. The van der Waals surface area contributed by atoms with Gasteiger partial charge in [0.25, 0.3) is 0 Å². The fourth-order valence-electron chi connectivity index (χ4n) is 3.31. The number of hydrogen-bond donors (Lipinski definition) is 1. The van der Waals surface area contributed by atoms with E-state index in [1.807, 2.05) is 0 Å². The van der Waals surface area contributed by atoms with E-state index in [2.05, 4.69) is 24.3 Å². The molecule has 1 saturated carbocycles. The summed E-state index contributed by atoms with van der Waals surface area (Å²) in [7, 11) is 1.68. The summed E-state index contributed by atoms with van der Waals surface area (Å²) in [6.07, 6.45) is 4.65. The average molecular weight is 291 g/mol. The van der Waals surface area contributed by atoms with Gasteiger partial charge in [-0.05, 0) is 36.8 Å². The molecule has 4 heteroatoms. The van der Waals surface area contributed by atoms with Crippen molar-refractivity contribution in [2.45, 2.75) is 50.0 Å². The number of methoxy groups -OCH3 is 1. The van der Waals surface area contributed by atoms with Crippen molar-refractivity contribution in [2.24, 2.45) is 5.73 Å². The molecule has 0 amide bonds. The van der Waals surface area contributed by atoms with E-state index in [-0.39, 0.29) is 24.4 Å². The summed E-state index contributed by atoms with van der Waals surface area (Å²) >= 11 is 0. The third kappa shape index (κ3) is 3.29. The van der Waals surface area contributed by atoms with Gasteiger partial charge in [-0.3, -0.25) is 0 Å². The van der Waals surface area contributed by atoms with Gasteiger partial charge in [0.15, 0.2) is 0 Å². The van der Waals surface area contributed by atoms with E-state index in [1.165, 1.54) is 17.5 Å². The van der Waals surface area contributed by atoms with Gasteiger partial charge in [0.05, 0.1) is 31.5 Å². The van der Waals surface area contributed by atoms with E-state index in [9.17, 15) is 0 Å². The van der Waals surface area contributed by atoms with Crippen LogP contribution in [0.1, 0.15) is 36.5 Å². The van der Waals surface area contributed by atoms with Crippen LogP contribution >= 0.6 is 0 Å². The van der Waals surface area contributed by atoms with Crippen LogP contribution in [-0.4, -0.2) is 38.6 Å². The van der Waals surface area contributed by atoms with E-state index in [4.69, 9.17) is 19.9 Å². The molecule has 21 heavy (non-hydrogen) atoms. The zero-order valence-corrected chi connectivity index (χ0v) is 12.7. The van der Waals surface area contributed by atoms with Crippen molar-refractivity contribution in [1.29, 1.82) is 0 Å². The van der Waals surface area contributed by atoms with Crippen LogP contribution in [0.3, 0.4) is 0 Å². The second-order valence-electron chi connectivity index (χ2n) is 5.98. The molecule has 116 valence electrons. The van der Waals surface area contributed by atoms with Gasteiger partial charge >= 0.3 is 0 Å². The van der Waals surface area contributed by atoms with Gasteiger partial charge in [0, 0.05) is 13.2 Å². The SMILES string of the molecule is COCCOC1C(N)CC1OC1CCCc2ccccc21. The molecular weight excluding hydrogens is 266 g/mol. The summed E-state index contributed by atoms with van der Waals surface area (Å²) in [6, 6.07) is 8.70. The molecule has 1 fully saturated rings. The molecule has 1 aromatic carbocycles. The molecule has 0 bridgehead atoms. The molecule has 3 rings (SSSR count). The van der Waals surface area contributed by atoms with Crippen LogP contribution in [0.4, 0.5) is 0 Å². The predicted molar refractivity (Wildman–Crippen MR) is 81.2 cm³/mol. The van der Waals surface area contributed by atoms with E-state index < -0.39 is 0 Å². The van der Waals surface area contributed by atoms with Crippen LogP contribution in [0, 0.1) is 0 Å². The van der Waals surface area contributed by atoms with Gasteiger partial charge in [-0.1, -0.05) is 24.3 Å². The zero-order chi connectivity index (χ0) is 14.7. The van der Waals surface area contributed by atoms with Gasteiger partial charge < -0.3 is 19.9 Å². The highest BCUT2D eigenvalue weighted by Gasteiger charge is 2.42. The number of aryl methyl sites for hydroxylation is 1. The maximum atomic E-state index is 6.32. The van der Waals surface area contributed by atoms with Crippen molar-refractivity contribution in [3.63, 3.8) is 0 Å². The molecule has 2 aliphatic carbocycles. The maximum absolute atomic E-state index is 6.32. The Balaban J connectivity index is 1.59. The minimum Gasteiger partial charge on any atom is -0.382 e. The van der Waals surface area contributed by atoms with Crippen LogP contribution in [0.15, 0.2) is 24.3 Å². The molecule has 2 aliphatic rings. The molecule has 0 aliphatic heterocycles. The van der Waals surface area contributed by atoms with Crippen LogP contribution in [0.2, 0.25) is 0 Å². The standard InChI is InChI=1S/C17H25NO3/c1-19-9-10-20-17-14(18)11-16(17)21-15-8-4-6-12-5-2-3-7-13(12)15/h2-3,5,7,14-17H,4,6,8-11,18H2,1H3. The normalized spacial score (nSPS) is 31.5.